The summed E-state index contributed by atoms with van der Waals surface area (Å²) in [7, 11) is 0. The van der Waals surface area contributed by atoms with Crippen molar-refractivity contribution in [1.82, 2.24) is 4.90 Å². The van der Waals surface area contributed by atoms with Crippen LogP contribution in [0.3, 0.4) is 0 Å². The van der Waals surface area contributed by atoms with Crippen LogP contribution in [-0.2, 0) is 9.59 Å². The standard InChI is InChI=1S/C19H13Cl3N2O2S2/c20-12-4-6-13(7-5-12)23-16(25)8-9-24-18(26)15(28-19(24)27)10-11-2-1-3-14(21)17(11)22/h1-7,10H,8-9H2,(H,23,25)/b15-10-. The number of nitrogens with zero attached hydrogens (tertiary/aromatic N) is 1. The maximum absolute atomic E-state index is 12.7. The van der Waals surface area contributed by atoms with Crippen LogP contribution in [0.25, 0.3) is 6.08 Å². The maximum atomic E-state index is 12.7. The normalized spacial score (nSPS) is 15.4. The number of carbonyl (C=O) groups is 2. The van der Waals surface area contributed by atoms with Gasteiger partial charge in [0.2, 0.25) is 5.91 Å². The first kappa shape index (κ1) is 21.1. The van der Waals surface area contributed by atoms with Gasteiger partial charge in [0.15, 0.2) is 0 Å². The second-order valence-electron chi connectivity index (χ2n) is 5.78. The molecule has 0 saturated carbocycles. The van der Waals surface area contributed by atoms with Crippen molar-refractivity contribution in [3.8, 4) is 0 Å². The van der Waals surface area contributed by atoms with Crippen LogP contribution in [0, 0.1) is 0 Å². The summed E-state index contributed by atoms with van der Waals surface area (Å²) in [5.74, 6) is -0.483. The molecule has 9 heteroatoms. The summed E-state index contributed by atoms with van der Waals surface area (Å²) in [4.78, 5) is 26.6. The van der Waals surface area contributed by atoms with Crippen molar-refractivity contribution in [2.45, 2.75) is 6.42 Å². The minimum atomic E-state index is -0.259. The van der Waals surface area contributed by atoms with Gasteiger partial charge in [-0.05, 0) is 42.0 Å². The highest BCUT2D eigenvalue weighted by molar-refractivity contribution is 8.26. The average molecular weight is 472 g/mol. The van der Waals surface area contributed by atoms with Crippen LogP contribution in [0.2, 0.25) is 15.1 Å². The van der Waals surface area contributed by atoms with Crippen molar-refractivity contribution < 1.29 is 9.59 Å². The summed E-state index contributed by atoms with van der Waals surface area (Å²) in [5, 5.41) is 4.12. The lowest BCUT2D eigenvalue weighted by Gasteiger charge is -2.14. The number of thiocarbonyl (C=S) groups is 1. The molecule has 2 amide bonds. The fourth-order valence-corrected chi connectivity index (χ4v) is 4.22. The zero-order chi connectivity index (χ0) is 20.3. The van der Waals surface area contributed by atoms with Crippen LogP contribution in [0.15, 0.2) is 47.4 Å². The zero-order valence-electron chi connectivity index (χ0n) is 14.2. The Kier molecular flexibility index (Phi) is 7.01. The molecular weight excluding hydrogens is 459 g/mol. The number of amides is 2. The highest BCUT2D eigenvalue weighted by Gasteiger charge is 2.32. The van der Waals surface area contributed by atoms with Gasteiger partial charge < -0.3 is 5.32 Å². The van der Waals surface area contributed by atoms with Crippen LogP contribution in [-0.4, -0.2) is 27.6 Å². The Balaban J connectivity index is 1.63. The quantitative estimate of drug-likeness (QED) is 0.437. The van der Waals surface area contributed by atoms with E-state index in [-0.39, 0.29) is 24.8 Å². The molecule has 0 radical (unpaired) electrons. The van der Waals surface area contributed by atoms with E-state index in [0.29, 0.717) is 35.5 Å². The van der Waals surface area contributed by atoms with Crippen LogP contribution in [0.4, 0.5) is 5.69 Å². The molecule has 1 N–H and O–H groups in total. The van der Waals surface area contributed by atoms with Crippen LogP contribution in [0.1, 0.15) is 12.0 Å². The fraction of sp³-hybridized carbons (Fsp3) is 0.105. The van der Waals surface area contributed by atoms with Gasteiger partial charge in [-0.15, -0.1) is 0 Å². The summed E-state index contributed by atoms with van der Waals surface area (Å²) in [6.45, 7) is 0.185. The number of halogens is 3. The zero-order valence-corrected chi connectivity index (χ0v) is 18.1. The molecule has 4 nitrogen and oxygen atoms in total. The number of hydrogen-bond acceptors (Lipinski definition) is 4. The van der Waals surface area contributed by atoms with Crippen molar-refractivity contribution in [3.05, 3.63) is 68.0 Å². The molecular formula is C19H13Cl3N2O2S2. The van der Waals surface area contributed by atoms with Gasteiger partial charge >= 0.3 is 0 Å². The number of hydrogen-bond donors (Lipinski definition) is 1. The minimum absolute atomic E-state index is 0.111. The molecule has 0 spiro atoms. The number of thioether (sulfide) groups is 1. The molecule has 2 aromatic rings. The summed E-state index contributed by atoms with van der Waals surface area (Å²) in [6.07, 6.45) is 1.77. The maximum Gasteiger partial charge on any atom is 0.266 e. The van der Waals surface area contributed by atoms with E-state index in [0.717, 1.165) is 0 Å². The molecule has 0 aromatic heterocycles. The first-order chi connectivity index (χ1) is 13.3. The number of carbonyl (C=O) groups excluding carboxylic acids is 2. The number of nitrogens with one attached hydrogen (secondary N) is 1. The van der Waals surface area contributed by atoms with Gasteiger partial charge in [0.25, 0.3) is 5.91 Å². The Bertz CT molecular complexity index is 978. The third kappa shape index (κ3) is 5.07. The van der Waals surface area contributed by atoms with Crippen molar-refractivity contribution in [2.24, 2.45) is 0 Å². The second kappa shape index (κ2) is 9.29. The molecule has 1 aliphatic heterocycles. The molecule has 1 aliphatic rings. The Labute approximate surface area is 186 Å². The van der Waals surface area contributed by atoms with E-state index in [4.69, 9.17) is 47.0 Å². The largest absolute Gasteiger partial charge is 0.326 e. The van der Waals surface area contributed by atoms with E-state index in [2.05, 4.69) is 5.32 Å². The lowest BCUT2D eigenvalue weighted by molar-refractivity contribution is -0.122. The van der Waals surface area contributed by atoms with E-state index in [1.165, 1.54) is 16.7 Å². The van der Waals surface area contributed by atoms with Crippen LogP contribution < -0.4 is 5.32 Å². The molecule has 0 atom stereocenters. The SMILES string of the molecule is O=C(CCN1C(=O)/C(=C/c2cccc(Cl)c2Cl)SC1=S)Nc1ccc(Cl)cc1. The van der Waals surface area contributed by atoms with Gasteiger partial charge in [0, 0.05) is 23.7 Å². The van der Waals surface area contributed by atoms with Gasteiger partial charge in [-0.3, -0.25) is 14.5 Å². The smallest absolute Gasteiger partial charge is 0.266 e. The number of anilines is 1. The first-order valence-electron chi connectivity index (χ1n) is 8.10. The summed E-state index contributed by atoms with van der Waals surface area (Å²) < 4.78 is 0.397. The third-order valence-electron chi connectivity index (χ3n) is 3.83. The van der Waals surface area contributed by atoms with Gasteiger partial charge in [0.05, 0.1) is 15.0 Å². The lowest BCUT2D eigenvalue weighted by atomic mass is 10.2. The van der Waals surface area contributed by atoms with Gasteiger partial charge in [-0.25, -0.2) is 0 Å². The molecule has 1 saturated heterocycles. The van der Waals surface area contributed by atoms with Gasteiger partial charge in [-0.2, -0.15) is 0 Å². The number of benzene rings is 2. The molecule has 28 heavy (non-hydrogen) atoms. The van der Waals surface area contributed by atoms with E-state index in [9.17, 15) is 9.59 Å². The van der Waals surface area contributed by atoms with Crippen molar-refractivity contribution in [1.29, 1.82) is 0 Å². The van der Waals surface area contributed by atoms with Crippen molar-refractivity contribution >= 4 is 86.7 Å². The molecule has 0 bridgehead atoms. The molecule has 1 heterocycles. The fourth-order valence-electron chi connectivity index (χ4n) is 2.44. The average Bonchev–Trinajstić information content (AvgIpc) is 2.92. The van der Waals surface area contributed by atoms with Crippen molar-refractivity contribution in [3.63, 3.8) is 0 Å². The van der Waals surface area contributed by atoms with Crippen LogP contribution in [0.5, 0.6) is 0 Å². The van der Waals surface area contributed by atoms with Gasteiger partial charge in [-0.1, -0.05) is 70.9 Å². The monoisotopic (exact) mass is 470 g/mol. The van der Waals surface area contributed by atoms with E-state index in [1.807, 2.05) is 0 Å². The minimum Gasteiger partial charge on any atom is -0.326 e. The topological polar surface area (TPSA) is 49.4 Å². The van der Waals surface area contributed by atoms with E-state index < -0.39 is 0 Å². The second-order valence-corrected chi connectivity index (χ2v) is 8.68. The molecule has 2 aromatic carbocycles. The van der Waals surface area contributed by atoms with Crippen LogP contribution >= 0.6 is 58.8 Å². The highest BCUT2D eigenvalue weighted by Crippen LogP contribution is 2.35. The molecule has 1 fully saturated rings. The Morgan fingerprint density at radius 2 is 1.86 bits per heavy atom. The molecule has 144 valence electrons. The highest BCUT2D eigenvalue weighted by atomic mass is 35.5. The summed E-state index contributed by atoms with van der Waals surface area (Å²) >= 11 is 24.5. The molecule has 0 unspecified atom stereocenters. The Morgan fingerprint density at radius 3 is 2.57 bits per heavy atom. The Morgan fingerprint density at radius 1 is 1.14 bits per heavy atom. The summed E-state index contributed by atoms with van der Waals surface area (Å²) in [5.41, 5.74) is 1.27. The van der Waals surface area contributed by atoms with Crippen molar-refractivity contribution in [2.75, 3.05) is 11.9 Å². The summed E-state index contributed by atoms with van der Waals surface area (Å²) in [6, 6.07) is 12.0. The van der Waals surface area contributed by atoms with Gasteiger partial charge in [0.1, 0.15) is 4.32 Å². The third-order valence-corrected chi connectivity index (χ3v) is 6.30. The predicted octanol–water partition coefficient (Wildman–Crippen LogP) is 5.88. The Hall–Kier alpha value is -1.57. The molecule has 0 aliphatic carbocycles. The predicted molar refractivity (Wildman–Crippen MR) is 121 cm³/mol. The molecule has 3 rings (SSSR count). The van der Waals surface area contributed by atoms with E-state index in [1.54, 1.807) is 48.5 Å². The first-order valence-corrected chi connectivity index (χ1v) is 10.5. The number of rotatable bonds is 5. The lowest BCUT2D eigenvalue weighted by Crippen LogP contribution is -2.31. The van der Waals surface area contributed by atoms with E-state index >= 15 is 0 Å².